The van der Waals surface area contributed by atoms with Crippen LogP contribution in [0.1, 0.15) is 17.7 Å². The van der Waals surface area contributed by atoms with Crippen LogP contribution in [0.15, 0.2) is 29.5 Å². The molecule has 0 unspecified atom stereocenters. The first kappa shape index (κ1) is 24.6. The molecular formula is C21H24F3N7O4. The lowest BCUT2D eigenvalue weighted by Crippen LogP contribution is -2.49. The van der Waals surface area contributed by atoms with Gasteiger partial charge in [0, 0.05) is 50.8 Å². The highest BCUT2D eigenvalue weighted by atomic mass is 19.4. The molecule has 1 aliphatic rings. The quantitative estimate of drug-likeness (QED) is 0.439. The van der Waals surface area contributed by atoms with Gasteiger partial charge in [-0.25, -0.2) is 15.1 Å². The summed E-state index contributed by atoms with van der Waals surface area (Å²) in [6.07, 6.45) is -1.29. The number of hydrogen-bond acceptors (Lipinski definition) is 8. The second-order valence-corrected chi connectivity index (χ2v) is 7.94. The average molecular weight is 495 g/mol. The Morgan fingerprint density at radius 2 is 1.83 bits per heavy atom. The Hall–Kier alpha value is -3.52. The second-order valence-electron chi connectivity index (χ2n) is 7.94. The van der Waals surface area contributed by atoms with Crippen LogP contribution in [0.4, 0.5) is 19.1 Å². The molecule has 0 bridgehead atoms. The zero-order chi connectivity index (χ0) is 25.0. The van der Waals surface area contributed by atoms with Gasteiger partial charge in [-0.3, -0.25) is 9.59 Å². The van der Waals surface area contributed by atoms with Crippen LogP contribution in [0.25, 0.3) is 10.9 Å². The maximum Gasteiger partial charge on any atom is 0.419 e. The summed E-state index contributed by atoms with van der Waals surface area (Å²) < 4.78 is 45.3. The number of nitrogens with one attached hydrogen (secondary N) is 1. The van der Waals surface area contributed by atoms with E-state index < -0.39 is 11.7 Å². The molecule has 1 amide bonds. The van der Waals surface area contributed by atoms with E-state index in [1.165, 1.54) is 6.20 Å². The van der Waals surface area contributed by atoms with E-state index in [1.54, 1.807) is 20.4 Å². The molecule has 2 N–H and O–H groups in total. The fraction of sp³-hybridized carbons (Fsp3) is 0.476. The van der Waals surface area contributed by atoms with Crippen molar-refractivity contribution >= 4 is 22.8 Å². The lowest BCUT2D eigenvalue weighted by molar-refractivity contribution is -0.138. The molecule has 3 aromatic rings. The summed E-state index contributed by atoms with van der Waals surface area (Å²) in [6, 6.07) is 1.61. The molecule has 14 heteroatoms. The highest BCUT2D eigenvalue weighted by Crippen LogP contribution is 2.28. The average Bonchev–Trinajstić information content (AvgIpc) is 3.22. The van der Waals surface area contributed by atoms with Crippen molar-refractivity contribution in [2.45, 2.75) is 25.7 Å². The lowest BCUT2D eigenvalue weighted by Gasteiger charge is -2.34. The third kappa shape index (κ3) is 5.59. The number of H-pyrrole nitrogens is 1. The van der Waals surface area contributed by atoms with Crippen molar-refractivity contribution in [1.29, 1.82) is 0 Å². The van der Waals surface area contributed by atoms with Gasteiger partial charge in [0.2, 0.25) is 11.9 Å². The smallest absolute Gasteiger partial charge is 0.390 e. The number of piperazine rings is 1. The van der Waals surface area contributed by atoms with Gasteiger partial charge < -0.3 is 24.2 Å². The predicted octanol–water partition coefficient (Wildman–Crippen LogP) is 0.781. The molecule has 0 atom stereocenters. The fourth-order valence-electron chi connectivity index (χ4n) is 3.91. The number of aliphatic hydroxyl groups excluding tert-OH is 1. The van der Waals surface area contributed by atoms with Gasteiger partial charge in [0.05, 0.1) is 48.9 Å². The van der Waals surface area contributed by atoms with Crippen LogP contribution < -0.4 is 10.5 Å². The Kier molecular flexibility index (Phi) is 7.31. The van der Waals surface area contributed by atoms with Crippen molar-refractivity contribution < 1.29 is 27.8 Å². The summed E-state index contributed by atoms with van der Waals surface area (Å²) >= 11 is 0. The SMILES string of the molecule is O=C(CCOCCn1c(CO)cc2c(=O)[nH]ncc21)N1CCN(c2ncc(C(F)(F)F)cn2)CC1. The van der Waals surface area contributed by atoms with Crippen LogP contribution in [0.3, 0.4) is 0 Å². The fourth-order valence-corrected chi connectivity index (χ4v) is 3.91. The molecule has 188 valence electrons. The molecule has 4 rings (SSSR count). The molecule has 0 aromatic carbocycles. The van der Waals surface area contributed by atoms with Crippen LogP contribution in [0.5, 0.6) is 0 Å². The number of amides is 1. The molecule has 0 saturated carbocycles. The number of nitrogens with zero attached hydrogens (tertiary/aromatic N) is 6. The van der Waals surface area contributed by atoms with Crippen molar-refractivity contribution in [3.8, 4) is 0 Å². The van der Waals surface area contributed by atoms with E-state index in [4.69, 9.17) is 4.74 Å². The number of fused-ring (bicyclic) bond motifs is 1. The zero-order valence-corrected chi connectivity index (χ0v) is 18.7. The van der Waals surface area contributed by atoms with E-state index in [1.807, 2.05) is 0 Å². The first-order chi connectivity index (χ1) is 16.8. The largest absolute Gasteiger partial charge is 0.419 e. The number of carbonyl (C=O) groups excluding carboxylic acids is 1. The zero-order valence-electron chi connectivity index (χ0n) is 18.7. The molecule has 35 heavy (non-hydrogen) atoms. The molecule has 1 fully saturated rings. The number of alkyl halides is 3. The van der Waals surface area contributed by atoms with Crippen LogP contribution in [-0.2, 0) is 28.9 Å². The van der Waals surface area contributed by atoms with Gasteiger partial charge in [-0.1, -0.05) is 0 Å². The van der Waals surface area contributed by atoms with Gasteiger partial charge in [0.1, 0.15) is 0 Å². The number of aromatic nitrogens is 5. The predicted molar refractivity (Wildman–Crippen MR) is 118 cm³/mol. The minimum atomic E-state index is -4.49. The number of hydrogen-bond donors (Lipinski definition) is 2. The minimum Gasteiger partial charge on any atom is -0.390 e. The number of halogens is 3. The Bertz CT molecular complexity index is 1220. The second kappa shape index (κ2) is 10.4. The van der Waals surface area contributed by atoms with Gasteiger partial charge in [-0.2, -0.15) is 18.3 Å². The molecule has 0 radical (unpaired) electrons. The summed E-state index contributed by atoms with van der Waals surface area (Å²) in [7, 11) is 0. The van der Waals surface area contributed by atoms with Crippen LogP contribution in [0, 0.1) is 0 Å². The maximum atomic E-state index is 12.7. The monoisotopic (exact) mass is 495 g/mol. The highest BCUT2D eigenvalue weighted by Gasteiger charge is 2.32. The molecule has 4 heterocycles. The number of anilines is 1. The summed E-state index contributed by atoms with van der Waals surface area (Å²) in [6.45, 7) is 2.25. The molecule has 0 spiro atoms. The van der Waals surface area contributed by atoms with Gasteiger partial charge in [0.25, 0.3) is 5.56 Å². The van der Waals surface area contributed by atoms with Gasteiger partial charge in [-0.05, 0) is 6.07 Å². The van der Waals surface area contributed by atoms with E-state index in [2.05, 4.69) is 20.2 Å². The number of ether oxygens (including phenoxy) is 1. The lowest BCUT2D eigenvalue weighted by atomic mass is 10.3. The molecule has 11 nitrogen and oxygen atoms in total. The number of aromatic amines is 1. The summed E-state index contributed by atoms with van der Waals surface area (Å²) in [5, 5.41) is 16.1. The Morgan fingerprint density at radius 3 is 2.49 bits per heavy atom. The van der Waals surface area contributed by atoms with Crippen molar-refractivity contribution in [2.24, 2.45) is 0 Å². The van der Waals surface area contributed by atoms with Crippen LogP contribution in [-0.4, -0.2) is 80.0 Å². The first-order valence-corrected chi connectivity index (χ1v) is 10.9. The van der Waals surface area contributed by atoms with E-state index in [0.29, 0.717) is 49.3 Å². The molecule has 1 saturated heterocycles. The van der Waals surface area contributed by atoms with Crippen molar-refractivity contribution in [3.05, 3.63) is 46.3 Å². The molecule has 3 aromatic heterocycles. The van der Waals surface area contributed by atoms with E-state index in [0.717, 1.165) is 12.4 Å². The summed E-state index contributed by atoms with van der Waals surface area (Å²) in [5.41, 5.74) is -0.0918. The summed E-state index contributed by atoms with van der Waals surface area (Å²) in [5.74, 6) is 0.113. The third-order valence-electron chi connectivity index (χ3n) is 5.78. The topological polar surface area (TPSA) is 129 Å². The van der Waals surface area contributed by atoms with Crippen LogP contribution >= 0.6 is 0 Å². The van der Waals surface area contributed by atoms with Crippen molar-refractivity contribution in [2.75, 3.05) is 44.3 Å². The normalized spacial score (nSPS) is 14.6. The first-order valence-electron chi connectivity index (χ1n) is 10.9. The van der Waals surface area contributed by atoms with E-state index in [9.17, 15) is 27.9 Å². The number of carbonyl (C=O) groups is 1. The number of rotatable bonds is 8. The maximum absolute atomic E-state index is 12.7. The van der Waals surface area contributed by atoms with Gasteiger partial charge in [0.15, 0.2) is 0 Å². The van der Waals surface area contributed by atoms with Crippen molar-refractivity contribution in [3.63, 3.8) is 0 Å². The van der Waals surface area contributed by atoms with Gasteiger partial charge in [-0.15, -0.1) is 0 Å². The van der Waals surface area contributed by atoms with E-state index in [-0.39, 0.29) is 43.7 Å². The van der Waals surface area contributed by atoms with Crippen LogP contribution in [0.2, 0.25) is 0 Å². The molecule has 1 aliphatic heterocycles. The Morgan fingerprint density at radius 1 is 1.11 bits per heavy atom. The Labute approximate surface area is 197 Å². The Balaban J connectivity index is 1.20. The van der Waals surface area contributed by atoms with E-state index >= 15 is 0 Å². The van der Waals surface area contributed by atoms with Gasteiger partial charge >= 0.3 is 6.18 Å². The molecule has 0 aliphatic carbocycles. The highest BCUT2D eigenvalue weighted by molar-refractivity contribution is 5.79. The third-order valence-corrected chi connectivity index (χ3v) is 5.78. The van der Waals surface area contributed by atoms with Crippen molar-refractivity contribution in [1.82, 2.24) is 29.6 Å². The molecular weight excluding hydrogens is 471 g/mol. The number of aliphatic hydroxyl groups is 1. The minimum absolute atomic E-state index is 0.0869. The standard InChI is InChI=1S/C21H24F3N7O4/c22-21(23,24)14-10-25-20(26-11-14)30-4-2-29(3-5-30)18(33)1-7-35-8-6-31-15(13-32)9-16-17(31)12-27-28-19(16)34/h9-12,32H,1-8,13H2,(H,28,34). The summed E-state index contributed by atoms with van der Waals surface area (Å²) in [4.78, 5) is 35.4.